The first-order valence-corrected chi connectivity index (χ1v) is 10.3. The van der Waals surface area contributed by atoms with Gasteiger partial charge in [0.15, 0.2) is 0 Å². The first kappa shape index (κ1) is 20.7. The van der Waals surface area contributed by atoms with Gasteiger partial charge >= 0.3 is 0 Å². The number of carbonyl (C=O) groups is 2. The number of nitrogens with zero attached hydrogens (tertiary/aromatic N) is 4. The van der Waals surface area contributed by atoms with Gasteiger partial charge in [0.1, 0.15) is 5.82 Å². The highest BCUT2D eigenvalue weighted by Crippen LogP contribution is 2.32. The Hall–Kier alpha value is -3.53. The molecule has 1 fully saturated rings. The minimum atomic E-state index is -0.514. The van der Waals surface area contributed by atoms with Gasteiger partial charge in [0, 0.05) is 35.6 Å². The second-order valence-corrected chi connectivity index (χ2v) is 8.06. The van der Waals surface area contributed by atoms with Gasteiger partial charge in [-0.25, -0.2) is 4.68 Å². The third kappa shape index (κ3) is 4.19. The van der Waals surface area contributed by atoms with Gasteiger partial charge < -0.3 is 10.2 Å². The Balaban J connectivity index is 1.53. The number of hydrogen-bond acceptors (Lipinski definition) is 5. The maximum atomic E-state index is 12.9. The number of nitro benzene ring substituents is 1. The van der Waals surface area contributed by atoms with Crippen LogP contribution in [0.5, 0.6) is 0 Å². The molecule has 1 aromatic heterocycles. The van der Waals surface area contributed by atoms with Gasteiger partial charge in [-0.3, -0.25) is 19.7 Å². The van der Waals surface area contributed by atoms with E-state index in [-0.39, 0.29) is 30.5 Å². The molecular formula is C21H18BrN5O4. The smallest absolute Gasteiger partial charge is 0.269 e. The van der Waals surface area contributed by atoms with Crippen molar-refractivity contribution in [2.75, 3.05) is 16.8 Å². The summed E-state index contributed by atoms with van der Waals surface area (Å²) in [5, 5.41) is 18.1. The number of aryl methyl sites for hydroxylation is 1. The highest BCUT2D eigenvalue weighted by Gasteiger charge is 2.36. The van der Waals surface area contributed by atoms with Crippen molar-refractivity contribution in [3.8, 4) is 5.69 Å². The number of non-ortho nitro benzene ring substituents is 1. The van der Waals surface area contributed by atoms with E-state index in [0.717, 1.165) is 10.2 Å². The Morgan fingerprint density at radius 3 is 2.61 bits per heavy atom. The molecule has 0 radical (unpaired) electrons. The molecule has 31 heavy (non-hydrogen) atoms. The van der Waals surface area contributed by atoms with Gasteiger partial charge in [0.2, 0.25) is 11.8 Å². The van der Waals surface area contributed by atoms with Crippen LogP contribution in [0.1, 0.15) is 12.1 Å². The summed E-state index contributed by atoms with van der Waals surface area (Å²) in [5.41, 5.74) is 1.95. The van der Waals surface area contributed by atoms with E-state index >= 15 is 0 Å². The zero-order valence-electron chi connectivity index (χ0n) is 16.5. The first-order valence-electron chi connectivity index (χ1n) is 9.51. The summed E-state index contributed by atoms with van der Waals surface area (Å²) < 4.78 is 2.30. The summed E-state index contributed by atoms with van der Waals surface area (Å²) in [4.78, 5) is 37.5. The van der Waals surface area contributed by atoms with Crippen molar-refractivity contribution < 1.29 is 14.5 Å². The monoisotopic (exact) mass is 483 g/mol. The predicted octanol–water partition coefficient (Wildman–Crippen LogP) is 3.84. The van der Waals surface area contributed by atoms with Crippen LogP contribution < -0.4 is 10.2 Å². The fourth-order valence-corrected chi connectivity index (χ4v) is 4.01. The van der Waals surface area contributed by atoms with Gasteiger partial charge in [-0.1, -0.05) is 12.1 Å². The molecule has 0 aliphatic carbocycles. The first-order chi connectivity index (χ1) is 14.8. The summed E-state index contributed by atoms with van der Waals surface area (Å²) in [5.74, 6) is -0.485. The van der Waals surface area contributed by atoms with Crippen molar-refractivity contribution >= 4 is 44.9 Å². The number of nitrogens with one attached hydrogen (secondary N) is 1. The predicted molar refractivity (Wildman–Crippen MR) is 118 cm³/mol. The van der Waals surface area contributed by atoms with E-state index in [2.05, 4.69) is 26.3 Å². The maximum absolute atomic E-state index is 12.9. The molecule has 1 atom stereocenters. The largest absolute Gasteiger partial charge is 0.310 e. The molecule has 1 N–H and O–H groups in total. The van der Waals surface area contributed by atoms with Crippen LogP contribution in [-0.4, -0.2) is 33.1 Å². The van der Waals surface area contributed by atoms with Crippen LogP contribution in [0.2, 0.25) is 0 Å². The number of para-hydroxylation sites is 1. The summed E-state index contributed by atoms with van der Waals surface area (Å²) in [6, 6.07) is 15.0. The molecule has 0 saturated carbocycles. The molecule has 1 aliphatic heterocycles. The summed E-state index contributed by atoms with van der Waals surface area (Å²) in [6.07, 6.45) is 0.109. The van der Waals surface area contributed by atoms with Gasteiger partial charge in [0.05, 0.1) is 27.9 Å². The van der Waals surface area contributed by atoms with E-state index in [9.17, 15) is 19.7 Å². The lowest BCUT2D eigenvalue weighted by molar-refractivity contribution is -0.384. The number of benzene rings is 2. The SMILES string of the molecule is Cc1cc(NC(=O)C2CC(=O)N(c3ccccc3Br)C2)n(-c2ccc([N+](=O)[O-])cc2)n1. The highest BCUT2D eigenvalue weighted by atomic mass is 79.9. The van der Waals surface area contributed by atoms with Crippen LogP contribution in [0.3, 0.4) is 0 Å². The van der Waals surface area contributed by atoms with Crippen molar-refractivity contribution in [3.05, 3.63) is 74.9 Å². The Kier molecular flexibility index (Phi) is 5.55. The molecule has 2 aromatic carbocycles. The average molecular weight is 484 g/mol. The molecule has 0 spiro atoms. The lowest BCUT2D eigenvalue weighted by Crippen LogP contribution is -2.28. The van der Waals surface area contributed by atoms with E-state index < -0.39 is 10.8 Å². The number of aromatic nitrogens is 2. The van der Waals surface area contributed by atoms with Crippen molar-refractivity contribution in [2.24, 2.45) is 5.92 Å². The zero-order chi connectivity index (χ0) is 22.1. The minimum Gasteiger partial charge on any atom is -0.310 e. The lowest BCUT2D eigenvalue weighted by atomic mass is 10.1. The van der Waals surface area contributed by atoms with E-state index in [0.29, 0.717) is 17.2 Å². The molecule has 2 heterocycles. The molecule has 3 aromatic rings. The number of rotatable bonds is 5. The third-order valence-corrected chi connectivity index (χ3v) is 5.70. The lowest BCUT2D eigenvalue weighted by Gasteiger charge is -2.18. The normalized spacial score (nSPS) is 15.9. The standard InChI is InChI=1S/C21H18BrN5O4/c1-13-10-19(26(24-13)15-6-8-16(9-7-15)27(30)31)23-21(29)14-11-20(28)25(12-14)18-5-3-2-4-17(18)22/h2-10,14H,11-12H2,1H3,(H,23,29). The fraction of sp³-hybridized carbons (Fsp3) is 0.190. The van der Waals surface area contributed by atoms with Crippen molar-refractivity contribution in [1.82, 2.24) is 9.78 Å². The molecule has 0 bridgehead atoms. The minimum absolute atomic E-state index is 0.0326. The Morgan fingerprint density at radius 2 is 1.94 bits per heavy atom. The van der Waals surface area contributed by atoms with Crippen LogP contribution >= 0.6 is 15.9 Å². The van der Waals surface area contributed by atoms with Gasteiger partial charge in [-0.2, -0.15) is 5.10 Å². The van der Waals surface area contributed by atoms with Crippen LogP contribution in [-0.2, 0) is 9.59 Å². The molecule has 2 amide bonds. The van der Waals surface area contributed by atoms with Crippen LogP contribution in [0.4, 0.5) is 17.2 Å². The second kappa shape index (κ2) is 8.31. The maximum Gasteiger partial charge on any atom is 0.269 e. The molecule has 4 rings (SSSR count). The van der Waals surface area contributed by atoms with Crippen molar-refractivity contribution in [3.63, 3.8) is 0 Å². The van der Waals surface area contributed by atoms with Gasteiger partial charge in [-0.15, -0.1) is 0 Å². The van der Waals surface area contributed by atoms with Gasteiger partial charge in [-0.05, 0) is 47.1 Å². The third-order valence-electron chi connectivity index (χ3n) is 5.03. The molecule has 1 aliphatic rings. The van der Waals surface area contributed by atoms with E-state index in [1.807, 2.05) is 24.3 Å². The average Bonchev–Trinajstić information content (AvgIpc) is 3.31. The molecule has 9 nitrogen and oxygen atoms in total. The van der Waals surface area contributed by atoms with Crippen molar-refractivity contribution in [2.45, 2.75) is 13.3 Å². The second-order valence-electron chi connectivity index (χ2n) is 7.20. The quantitative estimate of drug-likeness (QED) is 0.437. The molecule has 158 valence electrons. The van der Waals surface area contributed by atoms with Gasteiger partial charge in [0.25, 0.3) is 5.69 Å². The number of hydrogen-bond donors (Lipinski definition) is 1. The topological polar surface area (TPSA) is 110 Å². The number of halogens is 1. The zero-order valence-corrected chi connectivity index (χ0v) is 18.1. The summed E-state index contributed by atoms with van der Waals surface area (Å²) in [7, 11) is 0. The van der Waals surface area contributed by atoms with Crippen LogP contribution in [0.25, 0.3) is 5.69 Å². The molecule has 1 unspecified atom stereocenters. The van der Waals surface area contributed by atoms with Crippen LogP contribution in [0, 0.1) is 23.0 Å². The van der Waals surface area contributed by atoms with E-state index in [4.69, 9.17) is 0 Å². The highest BCUT2D eigenvalue weighted by molar-refractivity contribution is 9.10. The molecule has 10 heteroatoms. The number of nitro groups is 1. The Labute approximate surface area is 185 Å². The number of carbonyl (C=O) groups excluding carboxylic acids is 2. The number of anilines is 2. The van der Waals surface area contributed by atoms with Crippen molar-refractivity contribution in [1.29, 1.82) is 0 Å². The summed E-state index contributed by atoms with van der Waals surface area (Å²) >= 11 is 3.45. The summed E-state index contributed by atoms with van der Waals surface area (Å²) in [6.45, 7) is 2.06. The molecule has 1 saturated heterocycles. The fourth-order valence-electron chi connectivity index (χ4n) is 3.52. The van der Waals surface area contributed by atoms with Crippen LogP contribution in [0.15, 0.2) is 59.1 Å². The number of amides is 2. The molecular weight excluding hydrogens is 466 g/mol. The Bertz CT molecular complexity index is 1170. The van der Waals surface area contributed by atoms with E-state index in [1.54, 1.807) is 30.0 Å². The van der Waals surface area contributed by atoms with E-state index in [1.165, 1.54) is 16.8 Å². The Morgan fingerprint density at radius 1 is 1.23 bits per heavy atom.